The molecule has 108 valence electrons. The lowest BCUT2D eigenvalue weighted by Crippen LogP contribution is -2.30. The molecule has 4 nitrogen and oxygen atoms in total. The Kier molecular flexibility index (Phi) is 6.48. The van der Waals surface area contributed by atoms with Gasteiger partial charge in [-0.1, -0.05) is 19.1 Å². The molecule has 5 heteroatoms. The van der Waals surface area contributed by atoms with Crippen LogP contribution in [0.5, 0.6) is 0 Å². The SMILES string of the molecule is CCCNCCc1ccc(S(=O)(=O)NC(C)C)cc1. The molecule has 0 aliphatic heterocycles. The van der Waals surface area contributed by atoms with Gasteiger partial charge in [0, 0.05) is 6.04 Å². The summed E-state index contributed by atoms with van der Waals surface area (Å²) in [6.07, 6.45) is 2.04. The van der Waals surface area contributed by atoms with E-state index in [0.29, 0.717) is 4.90 Å². The van der Waals surface area contributed by atoms with E-state index in [4.69, 9.17) is 0 Å². The third-order valence-corrected chi connectivity index (χ3v) is 4.32. The van der Waals surface area contributed by atoms with Crippen LogP contribution in [-0.2, 0) is 16.4 Å². The summed E-state index contributed by atoms with van der Waals surface area (Å²) >= 11 is 0. The standard InChI is InChI=1S/C14H24N2O2S/c1-4-10-15-11-9-13-5-7-14(8-6-13)19(17,18)16-12(2)3/h5-8,12,15-16H,4,9-11H2,1-3H3. The molecule has 0 saturated heterocycles. The summed E-state index contributed by atoms with van der Waals surface area (Å²) in [6.45, 7) is 7.69. The second kappa shape index (κ2) is 7.62. The summed E-state index contributed by atoms with van der Waals surface area (Å²) in [5.41, 5.74) is 1.15. The molecule has 0 spiro atoms. The van der Waals surface area contributed by atoms with Gasteiger partial charge in [0.1, 0.15) is 0 Å². The molecule has 0 heterocycles. The summed E-state index contributed by atoms with van der Waals surface area (Å²) in [4.78, 5) is 0.325. The molecule has 0 bridgehead atoms. The van der Waals surface area contributed by atoms with Crippen molar-refractivity contribution in [1.82, 2.24) is 10.0 Å². The minimum Gasteiger partial charge on any atom is -0.316 e. The van der Waals surface area contributed by atoms with Crippen LogP contribution in [0.15, 0.2) is 29.2 Å². The third kappa shape index (κ3) is 5.72. The lowest BCUT2D eigenvalue weighted by atomic mass is 10.1. The first kappa shape index (κ1) is 16.1. The molecular formula is C14H24N2O2S. The zero-order valence-corrected chi connectivity index (χ0v) is 12.8. The fourth-order valence-corrected chi connectivity index (χ4v) is 3.00. The molecule has 0 aliphatic carbocycles. The minimum atomic E-state index is -3.37. The molecule has 0 fully saturated rings. The number of sulfonamides is 1. The van der Waals surface area contributed by atoms with Gasteiger partial charge in [0.25, 0.3) is 0 Å². The first-order valence-electron chi connectivity index (χ1n) is 6.77. The Labute approximate surface area is 116 Å². The molecule has 19 heavy (non-hydrogen) atoms. The van der Waals surface area contributed by atoms with Crippen molar-refractivity contribution in [2.45, 2.75) is 44.6 Å². The number of hydrogen-bond acceptors (Lipinski definition) is 3. The van der Waals surface area contributed by atoms with Gasteiger partial charge in [-0.3, -0.25) is 0 Å². The van der Waals surface area contributed by atoms with Crippen molar-refractivity contribution >= 4 is 10.0 Å². The minimum absolute atomic E-state index is 0.0945. The fourth-order valence-electron chi connectivity index (χ4n) is 1.75. The van der Waals surface area contributed by atoms with Crippen molar-refractivity contribution in [1.29, 1.82) is 0 Å². The van der Waals surface area contributed by atoms with Crippen LogP contribution in [0.3, 0.4) is 0 Å². The van der Waals surface area contributed by atoms with Gasteiger partial charge in [0.15, 0.2) is 0 Å². The molecular weight excluding hydrogens is 260 g/mol. The van der Waals surface area contributed by atoms with Crippen LogP contribution in [0.4, 0.5) is 0 Å². The molecule has 0 radical (unpaired) electrons. The highest BCUT2D eigenvalue weighted by Crippen LogP contribution is 2.11. The Morgan fingerprint density at radius 2 is 1.74 bits per heavy atom. The van der Waals surface area contributed by atoms with E-state index in [-0.39, 0.29) is 6.04 Å². The zero-order valence-electron chi connectivity index (χ0n) is 11.9. The van der Waals surface area contributed by atoms with E-state index in [9.17, 15) is 8.42 Å². The highest BCUT2D eigenvalue weighted by molar-refractivity contribution is 7.89. The summed E-state index contributed by atoms with van der Waals surface area (Å²) in [6, 6.07) is 6.99. The van der Waals surface area contributed by atoms with Gasteiger partial charge >= 0.3 is 0 Å². The molecule has 0 unspecified atom stereocenters. The molecule has 0 aliphatic rings. The van der Waals surface area contributed by atoms with Crippen molar-refractivity contribution in [3.8, 4) is 0 Å². The molecule has 0 saturated carbocycles. The molecule has 0 aromatic heterocycles. The van der Waals surface area contributed by atoms with Gasteiger partial charge in [-0.15, -0.1) is 0 Å². The lowest BCUT2D eigenvalue weighted by molar-refractivity contribution is 0.570. The summed E-state index contributed by atoms with van der Waals surface area (Å²) in [7, 11) is -3.37. The van der Waals surface area contributed by atoms with Crippen LogP contribution in [-0.4, -0.2) is 27.5 Å². The average Bonchev–Trinajstić information content (AvgIpc) is 2.34. The highest BCUT2D eigenvalue weighted by atomic mass is 32.2. The largest absolute Gasteiger partial charge is 0.316 e. The summed E-state index contributed by atoms with van der Waals surface area (Å²) < 4.78 is 26.4. The topological polar surface area (TPSA) is 58.2 Å². The van der Waals surface area contributed by atoms with Crippen molar-refractivity contribution < 1.29 is 8.42 Å². The smallest absolute Gasteiger partial charge is 0.240 e. The van der Waals surface area contributed by atoms with Crippen LogP contribution in [0.1, 0.15) is 32.8 Å². The van der Waals surface area contributed by atoms with Crippen molar-refractivity contribution in [3.63, 3.8) is 0 Å². The van der Waals surface area contributed by atoms with Crippen LogP contribution in [0.2, 0.25) is 0 Å². The lowest BCUT2D eigenvalue weighted by Gasteiger charge is -2.10. The van der Waals surface area contributed by atoms with Gasteiger partial charge in [-0.2, -0.15) is 0 Å². The van der Waals surface area contributed by atoms with Crippen LogP contribution >= 0.6 is 0 Å². The average molecular weight is 284 g/mol. The summed E-state index contributed by atoms with van der Waals surface area (Å²) in [5, 5.41) is 3.32. The summed E-state index contributed by atoms with van der Waals surface area (Å²) in [5.74, 6) is 0. The number of hydrogen-bond donors (Lipinski definition) is 2. The van der Waals surface area contributed by atoms with Gasteiger partial charge in [0.05, 0.1) is 4.90 Å². The van der Waals surface area contributed by atoms with E-state index in [2.05, 4.69) is 17.0 Å². The Bertz CT molecular complexity index is 467. The monoisotopic (exact) mass is 284 g/mol. The number of benzene rings is 1. The van der Waals surface area contributed by atoms with Gasteiger partial charge in [-0.05, 0) is 57.5 Å². The van der Waals surface area contributed by atoms with Crippen molar-refractivity contribution in [2.75, 3.05) is 13.1 Å². The van der Waals surface area contributed by atoms with E-state index in [1.807, 2.05) is 26.0 Å². The number of nitrogens with one attached hydrogen (secondary N) is 2. The Morgan fingerprint density at radius 3 is 2.26 bits per heavy atom. The zero-order chi connectivity index (χ0) is 14.3. The van der Waals surface area contributed by atoms with Crippen LogP contribution in [0.25, 0.3) is 0 Å². The van der Waals surface area contributed by atoms with Crippen LogP contribution < -0.4 is 10.0 Å². The van der Waals surface area contributed by atoms with E-state index < -0.39 is 10.0 Å². The van der Waals surface area contributed by atoms with Crippen molar-refractivity contribution in [2.24, 2.45) is 0 Å². The maximum absolute atomic E-state index is 11.9. The van der Waals surface area contributed by atoms with Crippen molar-refractivity contribution in [3.05, 3.63) is 29.8 Å². The molecule has 1 aromatic carbocycles. The van der Waals surface area contributed by atoms with E-state index in [1.54, 1.807) is 12.1 Å². The first-order valence-corrected chi connectivity index (χ1v) is 8.26. The molecule has 0 amide bonds. The Morgan fingerprint density at radius 1 is 1.11 bits per heavy atom. The fraction of sp³-hybridized carbons (Fsp3) is 0.571. The predicted octanol–water partition coefficient (Wildman–Crippen LogP) is 1.92. The second-order valence-electron chi connectivity index (χ2n) is 4.92. The Balaban J connectivity index is 2.61. The van der Waals surface area contributed by atoms with E-state index >= 15 is 0 Å². The molecule has 2 N–H and O–H groups in total. The maximum Gasteiger partial charge on any atom is 0.240 e. The van der Waals surface area contributed by atoms with Gasteiger partial charge in [-0.25, -0.2) is 13.1 Å². The maximum atomic E-state index is 11.9. The highest BCUT2D eigenvalue weighted by Gasteiger charge is 2.14. The van der Waals surface area contributed by atoms with Gasteiger partial charge in [0.2, 0.25) is 10.0 Å². The normalized spacial score (nSPS) is 12.0. The van der Waals surface area contributed by atoms with E-state index in [0.717, 1.165) is 31.5 Å². The van der Waals surface area contributed by atoms with E-state index in [1.165, 1.54) is 0 Å². The Hall–Kier alpha value is -0.910. The second-order valence-corrected chi connectivity index (χ2v) is 6.63. The third-order valence-electron chi connectivity index (χ3n) is 2.64. The van der Waals surface area contributed by atoms with Gasteiger partial charge < -0.3 is 5.32 Å². The molecule has 1 rings (SSSR count). The quantitative estimate of drug-likeness (QED) is 0.717. The molecule has 0 atom stereocenters. The molecule has 1 aromatic rings. The van der Waals surface area contributed by atoms with Crippen LogP contribution in [0, 0.1) is 0 Å². The number of rotatable bonds is 8. The first-order chi connectivity index (χ1) is 8.95. The predicted molar refractivity (Wildman–Crippen MR) is 78.8 cm³/mol.